The standard InChI is InChI=1S/C74H128O6/c1-4-7-10-13-16-19-22-25-28-30-31-32-33-34-35-36-37-38-39-40-41-42-43-45-46-49-52-55-58-61-64-67-73(76)79-70-71(69-78-72(75)66-63-60-57-54-51-48-27-24-21-18-15-12-9-6-3)80-74(77)68-65-62-59-56-53-50-47-44-29-26-23-20-17-14-11-8-5-2/h7,10,15-16,18-19,24-29,31-32,34-35,71H,4-6,8-9,11-14,17,20-23,30,33,36-70H2,1-3H3/b10-7-,18-15-,19-16-,27-24-,28-25-,29-26-,32-31-,35-34-. The van der Waals surface area contributed by atoms with Gasteiger partial charge in [0.15, 0.2) is 6.10 Å². The quantitative estimate of drug-likeness (QED) is 0.0261. The van der Waals surface area contributed by atoms with E-state index in [1.807, 2.05) is 0 Å². The highest BCUT2D eigenvalue weighted by atomic mass is 16.6. The summed E-state index contributed by atoms with van der Waals surface area (Å²) in [4.78, 5) is 38.4. The normalized spacial score (nSPS) is 12.7. The van der Waals surface area contributed by atoms with Gasteiger partial charge in [-0.25, -0.2) is 0 Å². The van der Waals surface area contributed by atoms with Gasteiger partial charge in [-0.3, -0.25) is 14.4 Å². The molecule has 0 bridgehead atoms. The fourth-order valence-electron chi connectivity index (χ4n) is 9.66. The minimum Gasteiger partial charge on any atom is -0.462 e. The van der Waals surface area contributed by atoms with Gasteiger partial charge in [0.2, 0.25) is 0 Å². The van der Waals surface area contributed by atoms with Crippen LogP contribution < -0.4 is 0 Å². The summed E-state index contributed by atoms with van der Waals surface area (Å²) in [7, 11) is 0. The van der Waals surface area contributed by atoms with E-state index in [2.05, 4.69) is 118 Å². The molecule has 0 saturated carbocycles. The molecule has 0 radical (unpaired) electrons. The molecule has 0 heterocycles. The number of esters is 3. The van der Waals surface area contributed by atoms with E-state index in [0.29, 0.717) is 19.3 Å². The summed E-state index contributed by atoms with van der Waals surface area (Å²) in [5.74, 6) is -0.886. The lowest BCUT2D eigenvalue weighted by Gasteiger charge is -2.18. The molecule has 0 amide bonds. The second-order valence-corrected chi connectivity index (χ2v) is 22.7. The molecule has 0 rings (SSSR count). The lowest BCUT2D eigenvalue weighted by atomic mass is 10.0. The van der Waals surface area contributed by atoms with Crippen molar-refractivity contribution in [2.75, 3.05) is 13.2 Å². The molecule has 0 aliphatic rings. The Labute approximate surface area is 496 Å². The molecule has 6 nitrogen and oxygen atoms in total. The fraction of sp³-hybridized carbons (Fsp3) is 0.743. The molecule has 0 saturated heterocycles. The predicted octanol–water partition coefficient (Wildman–Crippen LogP) is 23.6. The Balaban J connectivity index is 4.23. The van der Waals surface area contributed by atoms with E-state index in [1.54, 1.807) is 0 Å². The van der Waals surface area contributed by atoms with Crippen LogP contribution in [-0.4, -0.2) is 37.2 Å². The van der Waals surface area contributed by atoms with E-state index in [-0.39, 0.29) is 31.1 Å². The second kappa shape index (κ2) is 67.8. The van der Waals surface area contributed by atoms with Crippen molar-refractivity contribution in [2.45, 2.75) is 341 Å². The molecule has 1 atom stereocenters. The number of ether oxygens (including phenoxy) is 3. The fourth-order valence-corrected chi connectivity index (χ4v) is 9.66. The average molecular weight is 1110 g/mol. The van der Waals surface area contributed by atoms with E-state index in [9.17, 15) is 14.4 Å². The third-order valence-electron chi connectivity index (χ3n) is 14.8. The number of carbonyl (C=O) groups is 3. The van der Waals surface area contributed by atoms with Gasteiger partial charge < -0.3 is 14.2 Å². The highest BCUT2D eigenvalue weighted by Crippen LogP contribution is 2.17. The van der Waals surface area contributed by atoms with E-state index in [1.165, 1.54) is 186 Å². The number of rotatable bonds is 62. The number of hydrogen-bond donors (Lipinski definition) is 0. The maximum Gasteiger partial charge on any atom is 0.306 e. The summed E-state index contributed by atoms with van der Waals surface area (Å²) >= 11 is 0. The molecule has 6 heteroatoms. The Bertz CT molecular complexity index is 1560. The Morgan fingerprint density at radius 2 is 0.500 bits per heavy atom. The number of unbranched alkanes of at least 4 members (excludes halogenated alkanes) is 35. The first-order valence-electron chi connectivity index (χ1n) is 34.2. The molecular weight excluding hydrogens is 985 g/mol. The van der Waals surface area contributed by atoms with Crippen LogP contribution in [0.4, 0.5) is 0 Å². The molecule has 0 aliphatic heterocycles. The predicted molar refractivity (Wildman–Crippen MR) is 348 cm³/mol. The molecule has 460 valence electrons. The van der Waals surface area contributed by atoms with Crippen LogP contribution in [0.3, 0.4) is 0 Å². The maximum absolute atomic E-state index is 12.9. The molecule has 80 heavy (non-hydrogen) atoms. The van der Waals surface area contributed by atoms with Crippen molar-refractivity contribution in [1.29, 1.82) is 0 Å². The summed E-state index contributed by atoms with van der Waals surface area (Å²) in [6, 6.07) is 0. The Kier molecular flexibility index (Phi) is 64.7. The zero-order chi connectivity index (χ0) is 57.8. The van der Waals surface area contributed by atoms with Gasteiger partial charge in [-0.05, 0) is 116 Å². The Hall–Kier alpha value is -3.67. The minimum absolute atomic E-state index is 0.0812. The summed E-state index contributed by atoms with van der Waals surface area (Å²) < 4.78 is 16.9. The zero-order valence-electron chi connectivity index (χ0n) is 52.8. The van der Waals surface area contributed by atoms with Gasteiger partial charge in [0, 0.05) is 19.3 Å². The molecule has 0 spiro atoms. The van der Waals surface area contributed by atoms with Crippen molar-refractivity contribution in [3.05, 3.63) is 97.2 Å². The van der Waals surface area contributed by atoms with Crippen molar-refractivity contribution in [1.82, 2.24) is 0 Å². The van der Waals surface area contributed by atoms with Crippen LogP contribution in [0.15, 0.2) is 97.2 Å². The third-order valence-corrected chi connectivity index (χ3v) is 14.8. The van der Waals surface area contributed by atoms with Gasteiger partial charge in [-0.1, -0.05) is 298 Å². The van der Waals surface area contributed by atoms with Crippen molar-refractivity contribution >= 4 is 17.9 Å². The van der Waals surface area contributed by atoms with Crippen molar-refractivity contribution in [3.8, 4) is 0 Å². The average Bonchev–Trinajstić information content (AvgIpc) is 3.46. The minimum atomic E-state index is -0.786. The summed E-state index contributed by atoms with van der Waals surface area (Å²) in [6.45, 7) is 6.50. The van der Waals surface area contributed by atoms with Crippen LogP contribution in [-0.2, 0) is 28.6 Å². The lowest BCUT2D eigenvalue weighted by molar-refractivity contribution is -0.167. The second-order valence-electron chi connectivity index (χ2n) is 22.7. The smallest absolute Gasteiger partial charge is 0.306 e. The highest BCUT2D eigenvalue weighted by Gasteiger charge is 2.19. The number of hydrogen-bond acceptors (Lipinski definition) is 6. The van der Waals surface area contributed by atoms with Crippen LogP contribution >= 0.6 is 0 Å². The van der Waals surface area contributed by atoms with Gasteiger partial charge in [0.25, 0.3) is 0 Å². The van der Waals surface area contributed by atoms with Gasteiger partial charge >= 0.3 is 17.9 Å². The Morgan fingerprint density at radius 3 is 0.812 bits per heavy atom. The molecule has 0 aliphatic carbocycles. The van der Waals surface area contributed by atoms with Crippen LogP contribution in [0.25, 0.3) is 0 Å². The summed E-state index contributed by atoms with van der Waals surface area (Å²) in [6.07, 6.45) is 91.4. The van der Waals surface area contributed by atoms with Gasteiger partial charge in [-0.15, -0.1) is 0 Å². The van der Waals surface area contributed by atoms with Crippen LogP contribution in [0, 0.1) is 0 Å². The molecule has 0 N–H and O–H groups in total. The van der Waals surface area contributed by atoms with Gasteiger partial charge in [0.05, 0.1) is 0 Å². The molecule has 0 aromatic rings. The SMILES string of the molecule is CC/C=C\C/C=C\C/C=C\C/C=C\C/C=C\CCCCCCCCCCCCCCCCCC(=O)OCC(COC(=O)CCCCCCC/C=C\C/C=C\CCCC)OC(=O)CCCCCCCCC/C=C\CCCCCCCC. The van der Waals surface area contributed by atoms with E-state index in [4.69, 9.17) is 14.2 Å². The van der Waals surface area contributed by atoms with Gasteiger partial charge in [-0.2, -0.15) is 0 Å². The van der Waals surface area contributed by atoms with Gasteiger partial charge in [0.1, 0.15) is 13.2 Å². The number of carbonyl (C=O) groups excluding carboxylic acids is 3. The van der Waals surface area contributed by atoms with Crippen molar-refractivity contribution < 1.29 is 28.6 Å². The maximum atomic E-state index is 12.9. The highest BCUT2D eigenvalue weighted by molar-refractivity contribution is 5.71. The largest absolute Gasteiger partial charge is 0.462 e. The lowest BCUT2D eigenvalue weighted by Crippen LogP contribution is -2.30. The van der Waals surface area contributed by atoms with Crippen molar-refractivity contribution in [3.63, 3.8) is 0 Å². The Morgan fingerprint density at radius 1 is 0.263 bits per heavy atom. The summed E-state index contributed by atoms with van der Waals surface area (Å²) in [5.41, 5.74) is 0. The first-order valence-corrected chi connectivity index (χ1v) is 34.2. The van der Waals surface area contributed by atoms with Crippen LogP contribution in [0.5, 0.6) is 0 Å². The van der Waals surface area contributed by atoms with Crippen LogP contribution in [0.1, 0.15) is 335 Å². The third kappa shape index (κ3) is 65.1. The number of allylic oxidation sites excluding steroid dienone is 16. The van der Waals surface area contributed by atoms with Crippen molar-refractivity contribution in [2.24, 2.45) is 0 Å². The molecule has 0 fully saturated rings. The van der Waals surface area contributed by atoms with E-state index < -0.39 is 6.10 Å². The van der Waals surface area contributed by atoms with E-state index >= 15 is 0 Å². The first kappa shape index (κ1) is 76.3. The monoisotopic (exact) mass is 1110 g/mol. The topological polar surface area (TPSA) is 78.9 Å². The molecule has 1 unspecified atom stereocenters. The van der Waals surface area contributed by atoms with E-state index in [0.717, 1.165) is 109 Å². The molecule has 0 aromatic carbocycles. The summed E-state index contributed by atoms with van der Waals surface area (Å²) in [5, 5.41) is 0. The first-order chi connectivity index (χ1) is 39.5. The molecular formula is C74H128O6. The van der Waals surface area contributed by atoms with Crippen LogP contribution in [0.2, 0.25) is 0 Å². The zero-order valence-corrected chi connectivity index (χ0v) is 52.8. The molecule has 0 aromatic heterocycles.